The number of carbonyl (C=O) groups excluding carboxylic acids is 10. The first-order chi connectivity index (χ1) is 41.3. The number of imidazole rings is 1. The molecule has 2 aliphatic rings. The number of ketones is 1. The van der Waals surface area contributed by atoms with Crippen LogP contribution < -0.4 is 54.4 Å². The highest BCUT2D eigenvalue weighted by Crippen LogP contribution is 2.27. The van der Waals surface area contributed by atoms with Gasteiger partial charge in [-0.15, -0.1) is 0 Å². The smallest absolute Gasteiger partial charge is 0.246 e. The van der Waals surface area contributed by atoms with Crippen LogP contribution in [0.3, 0.4) is 0 Å². The first-order valence-electron chi connectivity index (χ1n) is 29.1. The van der Waals surface area contributed by atoms with E-state index in [0.29, 0.717) is 68.3 Å². The second kappa shape index (κ2) is 33.6. The number of thiol groups is 2. The molecule has 2 saturated heterocycles. The molecular weight excluding hydrogens is 1140 g/mol. The summed E-state index contributed by atoms with van der Waals surface area (Å²) in [5.41, 5.74) is 19.4. The molecule has 2 aliphatic heterocycles. The lowest BCUT2D eigenvalue weighted by molar-refractivity contribution is -0.148. The summed E-state index contributed by atoms with van der Waals surface area (Å²) in [7, 11) is 0. The van der Waals surface area contributed by atoms with Gasteiger partial charge >= 0.3 is 0 Å². The third kappa shape index (κ3) is 19.5. The van der Waals surface area contributed by atoms with Crippen molar-refractivity contribution in [2.45, 2.75) is 152 Å². The Kier molecular flexibility index (Phi) is 26.3. The minimum Gasteiger partial charge on any atom is -0.370 e. The molecule has 86 heavy (non-hydrogen) atoms. The second-order valence-corrected chi connectivity index (χ2v) is 22.4. The van der Waals surface area contributed by atoms with Crippen molar-refractivity contribution in [2.75, 3.05) is 37.7 Å². The summed E-state index contributed by atoms with van der Waals surface area (Å²) < 4.78 is 0. The fourth-order valence-electron chi connectivity index (χ4n) is 10.7. The molecule has 0 saturated carbocycles. The highest BCUT2D eigenvalue weighted by atomic mass is 32.1. The fraction of sp³-hybridized carbons (Fsp3) is 0.517. The molecule has 9 atom stereocenters. The number of para-hydroxylation sites is 1. The van der Waals surface area contributed by atoms with Crippen LogP contribution in [0.4, 0.5) is 0 Å². The number of unbranched alkanes of at least 4 members (excludes halogenated alkanes) is 1. The number of fused-ring (bicyclic) bond motifs is 1. The summed E-state index contributed by atoms with van der Waals surface area (Å²) in [4.78, 5) is 157. The molecule has 2 aromatic carbocycles. The van der Waals surface area contributed by atoms with E-state index < -0.39 is 108 Å². The maximum Gasteiger partial charge on any atom is 0.246 e. The van der Waals surface area contributed by atoms with Gasteiger partial charge in [-0.05, 0) is 101 Å². The van der Waals surface area contributed by atoms with Crippen LogP contribution >= 0.6 is 25.3 Å². The van der Waals surface area contributed by atoms with Crippen LogP contribution in [-0.2, 0) is 67.2 Å². The van der Waals surface area contributed by atoms with Gasteiger partial charge < -0.3 is 74.2 Å². The van der Waals surface area contributed by atoms with Crippen molar-refractivity contribution in [2.24, 2.45) is 22.2 Å². The van der Waals surface area contributed by atoms with Gasteiger partial charge in [0.15, 0.2) is 11.7 Å². The predicted octanol–water partition coefficient (Wildman–Crippen LogP) is -0.664. The zero-order chi connectivity index (χ0) is 62.3. The number of nitrogens with zero attached hydrogens (tertiary/aromatic N) is 4. The van der Waals surface area contributed by atoms with Crippen molar-refractivity contribution in [1.82, 2.24) is 62.0 Å². The van der Waals surface area contributed by atoms with Crippen molar-refractivity contribution in [3.05, 3.63) is 90.1 Å². The zero-order valence-corrected chi connectivity index (χ0v) is 50.3. The number of likely N-dealkylation sites (tertiary alicyclic amines) is 2. The Balaban J connectivity index is 1.25. The van der Waals surface area contributed by atoms with E-state index in [2.05, 4.69) is 82.4 Å². The average Bonchev–Trinajstić information content (AvgIpc) is 3.05. The molecule has 15 N–H and O–H groups in total. The van der Waals surface area contributed by atoms with Crippen LogP contribution in [0.2, 0.25) is 0 Å². The van der Waals surface area contributed by atoms with E-state index in [-0.39, 0.29) is 81.4 Å². The van der Waals surface area contributed by atoms with Crippen LogP contribution in [0.15, 0.2) is 78.3 Å². The average molecular weight is 1230 g/mol. The standard InChI is InChI=1S/C58H82N16O10S2/c1-34(75)40(16-8-9-22-59)67-55(82)48-19-11-24-73(48)57(84)49-20-12-25-74(49)56(83)47(32-86)72-53(80)45(28-37-30-64-41-17-7-6-15-39(37)41)70-50(77)42(18-10-23-63-58(60)61)68-52(79)44(27-36-13-4-3-5-14-36)69-54(81)46(29-38-31-62-33-65-38)71-51(78)43(21-26-85)66-35(2)76/h3-7,13-15,17,30-31,33,40,42-49,64,85-86H,8-12,16,18-29,32,59H2,1-2H3,(H,62,65)(H,66,76)(H,67,82)(H,68,79)(H,69,81)(H,70,77)(H,71,78)(H,72,80)(H4,60,61,63)/t40-,42-,43-,44+,45-,46-,47-,48-,49-/m0/s1. The molecule has 0 unspecified atom stereocenters. The Hall–Kier alpha value is -7.98. The van der Waals surface area contributed by atoms with Gasteiger partial charge in [-0.1, -0.05) is 48.5 Å². The van der Waals surface area contributed by atoms with Gasteiger partial charge in [0.1, 0.15) is 48.3 Å². The molecule has 2 fully saturated rings. The number of amides is 9. The Morgan fingerprint density at radius 2 is 1.22 bits per heavy atom. The highest BCUT2D eigenvalue weighted by Gasteiger charge is 2.44. The van der Waals surface area contributed by atoms with E-state index in [1.54, 1.807) is 36.5 Å². The number of guanidine groups is 1. The van der Waals surface area contributed by atoms with Crippen LogP contribution in [0.25, 0.3) is 10.9 Å². The zero-order valence-electron chi connectivity index (χ0n) is 48.6. The minimum absolute atomic E-state index is 0.0421. The summed E-state index contributed by atoms with van der Waals surface area (Å²) in [6, 6.07) is 5.70. The van der Waals surface area contributed by atoms with Gasteiger partial charge in [-0.25, -0.2) is 4.98 Å². The van der Waals surface area contributed by atoms with Gasteiger partial charge in [0.05, 0.1) is 12.4 Å². The number of nitrogens with two attached hydrogens (primary N) is 3. The molecule has 6 rings (SSSR count). The number of hydrogen-bond acceptors (Lipinski definition) is 15. The number of hydrogen-bond donors (Lipinski definition) is 14. The van der Waals surface area contributed by atoms with E-state index >= 15 is 0 Å². The molecule has 2 aromatic heterocycles. The number of carbonyl (C=O) groups is 10. The lowest BCUT2D eigenvalue weighted by Crippen LogP contribution is -2.61. The fourth-order valence-corrected chi connectivity index (χ4v) is 11.2. The van der Waals surface area contributed by atoms with Gasteiger partial charge in [0.25, 0.3) is 0 Å². The highest BCUT2D eigenvalue weighted by molar-refractivity contribution is 7.80. The number of benzene rings is 2. The summed E-state index contributed by atoms with van der Waals surface area (Å²) in [6.07, 6.45) is 7.84. The largest absolute Gasteiger partial charge is 0.370 e. The van der Waals surface area contributed by atoms with Crippen molar-refractivity contribution < 1.29 is 47.9 Å². The lowest BCUT2D eigenvalue weighted by Gasteiger charge is -2.33. The van der Waals surface area contributed by atoms with Crippen LogP contribution in [0.1, 0.15) is 94.9 Å². The van der Waals surface area contributed by atoms with E-state index in [1.807, 2.05) is 24.3 Å². The Morgan fingerprint density at radius 1 is 0.640 bits per heavy atom. The Bertz CT molecular complexity index is 3000. The third-order valence-corrected chi connectivity index (χ3v) is 15.8. The van der Waals surface area contributed by atoms with Gasteiger partial charge in [-0.2, -0.15) is 25.3 Å². The Labute approximate surface area is 510 Å². The van der Waals surface area contributed by atoms with Gasteiger partial charge in [0.2, 0.25) is 53.2 Å². The first kappa shape index (κ1) is 67.2. The molecule has 0 bridgehead atoms. The van der Waals surface area contributed by atoms with Crippen molar-refractivity contribution in [3.8, 4) is 0 Å². The first-order valence-corrected chi connectivity index (χ1v) is 30.3. The van der Waals surface area contributed by atoms with Crippen molar-refractivity contribution in [1.29, 1.82) is 0 Å². The molecule has 0 radical (unpaired) electrons. The molecule has 26 nitrogen and oxygen atoms in total. The van der Waals surface area contributed by atoms with Crippen molar-refractivity contribution in [3.63, 3.8) is 0 Å². The SMILES string of the molecule is CC(=O)N[C@@H](CCS)C(=O)N[C@@H](Cc1cnc[nH]1)C(=O)N[C@H](Cc1ccccc1)C(=O)N[C@@H](CCCN=C(N)N)C(=O)N[C@@H](Cc1c[nH]c2ccccc12)C(=O)N[C@@H](CS)C(=O)N1CCC[C@H]1C(=O)N1CCC[C@H]1C(=O)N[C@@H](CCCCN)C(C)=O. The molecule has 0 aliphatic carbocycles. The van der Waals surface area contributed by atoms with Crippen molar-refractivity contribution >= 4 is 101 Å². The number of nitrogens with one attached hydrogen (secondary N) is 9. The minimum atomic E-state index is -1.40. The predicted molar refractivity (Wildman–Crippen MR) is 329 cm³/mol. The van der Waals surface area contributed by atoms with Gasteiger partial charge in [0, 0.05) is 80.6 Å². The maximum atomic E-state index is 14.9. The number of aromatic nitrogens is 3. The molecule has 466 valence electrons. The molecule has 9 amide bonds. The van der Waals surface area contributed by atoms with Crippen LogP contribution in [0, 0.1) is 0 Å². The number of rotatable bonds is 33. The number of Topliss-reactive ketones (excluding diaryl/α,β-unsaturated/α-hetero) is 1. The van der Waals surface area contributed by atoms with E-state index in [9.17, 15) is 47.9 Å². The normalized spacial score (nSPS) is 17.2. The second-order valence-electron chi connectivity index (χ2n) is 21.6. The molecule has 4 heterocycles. The number of aliphatic imine (C=N–C) groups is 1. The summed E-state index contributed by atoms with van der Waals surface area (Å²) in [6.45, 7) is 3.58. The third-order valence-electron chi connectivity index (χ3n) is 15.2. The van der Waals surface area contributed by atoms with E-state index in [1.165, 1.54) is 36.2 Å². The molecule has 4 aromatic rings. The van der Waals surface area contributed by atoms with Crippen LogP contribution in [-0.4, -0.2) is 182 Å². The molecule has 0 spiro atoms. The quantitative estimate of drug-likeness (QED) is 0.0122. The molecular formula is C58H82N16O10S2. The molecule has 28 heteroatoms. The maximum absolute atomic E-state index is 14.9. The lowest BCUT2D eigenvalue weighted by atomic mass is 10.0. The number of aromatic amines is 2. The Morgan fingerprint density at radius 3 is 1.84 bits per heavy atom. The summed E-state index contributed by atoms with van der Waals surface area (Å²) in [5, 5.41) is 20.1. The van der Waals surface area contributed by atoms with Crippen LogP contribution in [0.5, 0.6) is 0 Å². The summed E-state index contributed by atoms with van der Waals surface area (Å²) >= 11 is 8.73. The van der Waals surface area contributed by atoms with Gasteiger partial charge in [-0.3, -0.25) is 52.9 Å². The number of H-pyrrole nitrogens is 2. The topological polar surface area (TPSA) is 396 Å². The summed E-state index contributed by atoms with van der Waals surface area (Å²) in [5.74, 6) is -6.25. The monoisotopic (exact) mass is 1230 g/mol. The van der Waals surface area contributed by atoms with E-state index in [4.69, 9.17) is 17.2 Å². The van der Waals surface area contributed by atoms with E-state index in [0.717, 1.165) is 10.9 Å².